The third-order valence-corrected chi connectivity index (χ3v) is 4.82. The van der Waals surface area contributed by atoms with E-state index in [0.717, 1.165) is 7.41 Å². The Labute approximate surface area is 181 Å². The summed E-state index contributed by atoms with van der Waals surface area (Å²) in [5.41, 5.74) is 0.696. The van der Waals surface area contributed by atoms with Gasteiger partial charge in [0.15, 0.2) is 0 Å². The van der Waals surface area contributed by atoms with E-state index in [1.807, 2.05) is 0 Å². The van der Waals surface area contributed by atoms with Crippen LogP contribution in [0, 0.1) is 11.7 Å². The maximum Gasteiger partial charge on any atom is 0.330 e. The third-order valence-electron chi connectivity index (χ3n) is 4.82. The third kappa shape index (κ3) is 8.33. The molecule has 10 heteroatoms. The summed E-state index contributed by atoms with van der Waals surface area (Å²) in [7, 11) is 1.11. The number of ether oxygens (including phenoxy) is 1. The maximum atomic E-state index is 13.2. The predicted molar refractivity (Wildman–Crippen MR) is 113 cm³/mol. The van der Waals surface area contributed by atoms with E-state index in [1.54, 1.807) is 19.1 Å². The highest BCUT2D eigenvalue weighted by atomic mass is 19.1. The van der Waals surface area contributed by atoms with Crippen LogP contribution in [0.15, 0.2) is 36.4 Å². The second kappa shape index (κ2) is 12.6. The molecule has 1 heterocycles. The van der Waals surface area contributed by atoms with Gasteiger partial charge in [0.25, 0.3) is 7.41 Å². The quantitative estimate of drug-likeness (QED) is 0.190. The van der Waals surface area contributed by atoms with E-state index in [4.69, 9.17) is 4.74 Å². The number of carbonyl (C=O) groups excluding carboxylic acids is 4. The molecule has 2 amide bonds. The van der Waals surface area contributed by atoms with Gasteiger partial charge in [0.1, 0.15) is 5.82 Å². The van der Waals surface area contributed by atoms with E-state index >= 15 is 0 Å². The minimum absolute atomic E-state index is 0.0981. The van der Waals surface area contributed by atoms with Gasteiger partial charge in [-0.1, -0.05) is 18.2 Å². The number of hydrogen-bond donors (Lipinski definition) is 3. The van der Waals surface area contributed by atoms with Gasteiger partial charge in [-0.05, 0) is 43.9 Å². The number of rotatable bonds is 12. The fraction of sp³-hybridized carbons (Fsp3) is 0.429. The van der Waals surface area contributed by atoms with Crippen molar-refractivity contribution < 1.29 is 28.3 Å². The molecular weight excluding hydrogens is 404 g/mol. The van der Waals surface area contributed by atoms with Crippen LogP contribution in [0.4, 0.5) is 4.39 Å². The summed E-state index contributed by atoms with van der Waals surface area (Å²) < 4.78 is 18.0. The van der Waals surface area contributed by atoms with Crippen molar-refractivity contribution in [2.24, 2.45) is 5.92 Å². The SMILES string of the molecule is CCOC(=O)C=C[C@H](C[C@@H]1CCNC1=O)NC(=O)[C@H](Cc1ccc(F)cc1)N[B]C=O. The summed E-state index contributed by atoms with van der Waals surface area (Å²) in [6.07, 6.45) is 4.39. The van der Waals surface area contributed by atoms with E-state index in [0.29, 0.717) is 31.1 Å². The Balaban J connectivity index is 2.11. The van der Waals surface area contributed by atoms with Crippen LogP contribution >= 0.6 is 0 Å². The number of halogens is 1. The number of benzene rings is 1. The van der Waals surface area contributed by atoms with Crippen LogP contribution in [0.2, 0.25) is 0 Å². The van der Waals surface area contributed by atoms with Gasteiger partial charge in [-0.15, -0.1) is 0 Å². The summed E-state index contributed by atoms with van der Waals surface area (Å²) in [6, 6.07) is 4.28. The molecule has 0 unspecified atom stereocenters. The first kappa shape index (κ1) is 24.3. The van der Waals surface area contributed by atoms with Crippen molar-refractivity contribution in [2.75, 3.05) is 13.2 Å². The molecule has 1 aliphatic rings. The minimum atomic E-state index is -0.813. The van der Waals surface area contributed by atoms with Crippen LogP contribution < -0.4 is 15.9 Å². The molecule has 0 bridgehead atoms. The average Bonchev–Trinajstić information content (AvgIpc) is 3.15. The Bertz CT molecular complexity index is 803. The molecular formula is C21H26BFN3O5. The smallest absolute Gasteiger partial charge is 0.330 e. The number of esters is 1. The Kier molecular flexibility index (Phi) is 9.89. The molecule has 3 atom stereocenters. The van der Waals surface area contributed by atoms with Crippen molar-refractivity contribution in [3.8, 4) is 0 Å². The van der Waals surface area contributed by atoms with Crippen molar-refractivity contribution in [3.63, 3.8) is 0 Å². The monoisotopic (exact) mass is 430 g/mol. The van der Waals surface area contributed by atoms with Crippen molar-refractivity contribution >= 4 is 31.4 Å². The molecule has 1 saturated heterocycles. The zero-order valence-electron chi connectivity index (χ0n) is 17.3. The zero-order chi connectivity index (χ0) is 22.6. The molecule has 0 saturated carbocycles. The highest BCUT2D eigenvalue weighted by Gasteiger charge is 2.28. The molecule has 1 radical (unpaired) electrons. The van der Waals surface area contributed by atoms with Crippen LogP contribution in [0.25, 0.3) is 0 Å². The number of carbonyl (C=O) groups is 4. The highest BCUT2D eigenvalue weighted by molar-refractivity contribution is 6.64. The molecule has 2 rings (SSSR count). The van der Waals surface area contributed by atoms with Crippen molar-refractivity contribution in [1.82, 2.24) is 15.9 Å². The van der Waals surface area contributed by atoms with Crippen LogP contribution in [0.5, 0.6) is 0 Å². The number of amides is 2. The molecule has 1 fully saturated rings. The Morgan fingerprint density at radius 1 is 1.35 bits per heavy atom. The standard InChI is InChI=1S/C21H26BFN3O5/c1-2-31-19(28)8-7-17(12-15-9-10-24-20(15)29)25-21(30)18(26-22-13-27)11-14-3-5-16(23)6-4-14/h3-8,13,15,17-18,26H,2,9-12H2,1H3,(H,24,29)(H,25,30)/t15-,17+,18-/m0/s1. The number of hydrogen-bond acceptors (Lipinski definition) is 6. The van der Waals surface area contributed by atoms with E-state index in [-0.39, 0.29) is 24.9 Å². The fourth-order valence-corrected chi connectivity index (χ4v) is 3.27. The van der Waals surface area contributed by atoms with Crippen LogP contribution in [0.3, 0.4) is 0 Å². The molecule has 0 spiro atoms. The summed E-state index contributed by atoms with van der Waals surface area (Å²) in [4.78, 5) is 47.3. The number of nitrogens with one attached hydrogen (secondary N) is 3. The van der Waals surface area contributed by atoms with Gasteiger partial charge >= 0.3 is 5.97 Å². The second-order valence-electron chi connectivity index (χ2n) is 7.09. The lowest BCUT2D eigenvalue weighted by Gasteiger charge is -2.23. The summed E-state index contributed by atoms with van der Waals surface area (Å²) in [5.74, 6) is -1.76. The Hall–Kier alpha value is -3.01. The van der Waals surface area contributed by atoms with Crippen molar-refractivity contribution in [3.05, 3.63) is 47.8 Å². The van der Waals surface area contributed by atoms with Gasteiger partial charge in [0.2, 0.25) is 11.8 Å². The topological polar surface area (TPSA) is 114 Å². The lowest BCUT2D eigenvalue weighted by atomic mass is 9.93. The lowest BCUT2D eigenvalue weighted by Crippen LogP contribution is -2.50. The van der Waals surface area contributed by atoms with E-state index in [1.165, 1.54) is 24.3 Å². The van der Waals surface area contributed by atoms with Crippen LogP contribution in [-0.4, -0.2) is 56.6 Å². The van der Waals surface area contributed by atoms with Gasteiger partial charge in [0, 0.05) is 24.6 Å². The Morgan fingerprint density at radius 3 is 2.71 bits per heavy atom. The van der Waals surface area contributed by atoms with Gasteiger partial charge in [-0.2, -0.15) is 0 Å². The van der Waals surface area contributed by atoms with E-state index in [2.05, 4.69) is 15.9 Å². The van der Waals surface area contributed by atoms with Crippen LogP contribution in [-0.2, 0) is 30.3 Å². The lowest BCUT2D eigenvalue weighted by molar-refractivity contribution is -0.137. The van der Waals surface area contributed by atoms with Crippen molar-refractivity contribution in [1.29, 1.82) is 0 Å². The predicted octanol–water partition coefficient (Wildman–Crippen LogP) is 0.266. The fourth-order valence-electron chi connectivity index (χ4n) is 3.27. The molecule has 1 aliphatic heterocycles. The first-order valence-electron chi connectivity index (χ1n) is 10.1. The highest BCUT2D eigenvalue weighted by Crippen LogP contribution is 2.17. The average molecular weight is 430 g/mol. The van der Waals surface area contributed by atoms with Crippen LogP contribution in [0.1, 0.15) is 25.3 Å². The normalized spacial score (nSPS) is 17.6. The summed E-state index contributed by atoms with van der Waals surface area (Å²) >= 11 is 0. The summed E-state index contributed by atoms with van der Waals surface area (Å²) in [5, 5.41) is 8.30. The van der Waals surface area contributed by atoms with E-state index in [9.17, 15) is 23.6 Å². The largest absolute Gasteiger partial charge is 0.463 e. The van der Waals surface area contributed by atoms with Gasteiger partial charge in [-0.3, -0.25) is 9.59 Å². The molecule has 3 N–H and O–H groups in total. The van der Waals surface area contributed by atoms with Gasteiger partial charge < -0.3 is 25.4 Å². The van der Waals surface area contributed by atoms with Gasteiger partial charge in [0.05, 0.1) is 18.8 Å². The first-order chi connectivity index (χ1) is 14.9. The maximum absolute atomic E-state index is 13.2. The first-order valence-corrected chi connectivity index (χ1v) is 10.1. The molecule has 1 aromatic carbocycles. The molecule has 0 aromatic heterocycles. The summed E-state index contributed by atoms with van der Waals surface area (Å²) in [6.45, 7) is 2.47. The second-order valence-corrected chi connectivity index (χ2v) is 7.09. The molecule has 165 valence electrons. The van der Waals surface area contributed by atoms with Gasteiger partial charge in [-0.25, -0.2) is 9.18 Å². The molecule has 1 aromatic rings. The van der Waals surface area contributed by atoms with E-state index < -0.39 is 29.8 Å². The minimum Gasteiger partial charge on any atom is -0.463 e. The van der Waals surface area contributed by atoms with Crippen molar-refractivity contribution in [2.45, 2.75) is 38.3 Å². The molecule has 0 aliphatic carbocycles. The Morgan fingerprint density at radius 2 is 2.10 bits per heavy atom. The molecule has 31 heavy (non-hydrogen) atoms. The molecule has 8 nitrogen and oxygen atoms in total. The zero-order valence-corrected chi connectivity index (χ0v) is 17.3.